The molecule has 7 rings (SSSR count). The zero-order valence-corrected chi connectivity index (χ0v) is 53.5. The van der Waals surface area contributed by atoms with E-state index in [4.69, 9.17) is 26.4 Å². The van der Waals surface area contributed by atoms with Crippen molar-refractivity contribution >= 4 is 83.0 Å². The largest absolute Gasteiger partial charge is 0.481 e. The standard InChI is InChI=1S/C60H101N17O10S/c1-5-41(2)52-56(86)76(39-49(80)71(52)4)43(20-13-16-26-61)53(83)63-28-18-11-9-7-6-8-10-12-23-47(78)72-30-34-74(35-31-72)58-67-57(64-29-19-15-22-46-51-42(40-88-46)65-60(87)66-51)68-59(69-58)75-36-32-73(33-37-75)54(84)45(21-14-17-27-62)77-38-48(79)70(3)44(55(77)85)24-25-50(81)82/h41-46,51-52H,5-40,61-62H2,1-4H3,(H,63,83)(H,81,82)(H2,65,66,87)(H,64,67,68,69)/t41-,42-,43-,44-,45-,46-,51-,52-/m0/s1. The highest BCUT2D eigenvalue weighted by Gasteiger charge is 2.46. The van der Waals surface area contributed by atoms with E-state index in [0.29, 0.717) is 140 Å². The van der Waals surface area contributed by atoms with Gasteiger partial charge in [-0.1, -0.05) is 65.2 Å². The van der Waals surface area contributed by atoms with Gasteiger partial charge < -0.3 is 77.0 Å². The number of nitrogens with two attached hydrogens (primary N) is 2. The second kappa shape index (κ2) is 34.6. The van der Waals surface area contributed by atoms with E-state index in [2.05, 4.69) is 26.2 Å². The van der Waals surface area contributed by atoms with E-state index < -0.39 is 36.0 Å². The van der Waals surface area contributed by atoms with Crippen LogP contribution in [0.15, 0.2) is 0 Å². The van der Waals surface area contributed by atoms with Crippen molar-refractivity contribution in [3.05, 3.63) is 0 Å². The molecule has 27 nitrogen and oxygen atoms in total. The van der Waals surface area contributed by atoms with Gasteiger partial charge in [0.05, 0.1) is 12.1 Å². The number of carboxylic acids is 1. The molecule has 0 unspecified atom stereocenters. The molecular weight excluding hydrogens is 1150 g/mol. The SMILES string of the molecule is CC[C@H](C)[C@H]1C(=O)N([C@@H](CCCCN)C(=O)NCCCCCCCCCCC(=O)N2CCN(c3nc(NCCCC[C@@H]4SC[C@@H]5NC(=O)N[C@@H]54)nc(N4CCN(C(=O)[C@H](CCCCN)N5CC(=O)N(C)[C@@H](CCC(=O)O)C5=O)CC4)n3)CC2)CC(=O)N1C. The van der Waals surface area contributed by atoms with Crippen molar-refractivity contribution in [3.63, 3.8) is 0 Å². The third-order valence-electron chi connectivity index (χ3n) is 18.6. The van der Waals surface area contributed by atoms with Crippen molar-refractivity contribution < 1.29 is 48.3 Å². The lowest BCUT2D eigenvalue weighted by Crippen LogP contribution is -2.64. The molecule has 0 radical (unpaired) electrons. The summed E-state index contributed by atoms with van der Waals surface area (Å²) in [5, 5.41) is 22.3. The Morgan fingerprint density at radius 2 is 1.22 bits per heavy atom. The minimum absolute atomic E-state index is 0.0255. The number of amides is 9. The fourth-order valence-corrected chi connectivity index (χ4v) is 14.5. The zero-order chi connectivity index (χ0) is 63.3. The number of likely N-dealkylation sites (N-methyl/N-ethyl adjacent to an activating group) is 2. The molecule has 6 aliphatic heterocycles. The number of hydrogen-bond donors (Lipinski definition) is 7. The van der Waals surface area contributed by atoms with Crippen molar-refractivity contribution in [1.29, 1.82) is 0 Å². The lowest BCUT2D eigenvalue weighted by Gasteiger charge is -2.43. The molecule has 9 amide bonds. The van der Waals surface area contributed by atoms with Crippen LogP contribution in [0.25, 0.3) is 0 Å². The maximum absolute atomic E-state index is 14.5. The molecule has 0 aliphatic carbocycles. The molecule has 8 atom stereocenters. The van der Waals surface area contributed by atoms with Crippen molar-refractivity contribution in [2.45, 2.75) is 190 Å². The first-order valence-corrected chi connectivity index (χ1v) is 33.8. The summed E-state index contributed by atoms with van der Waals surface area (Å²) in [5.74, 6) is -0.283. The smallest absolute Gasteiger partial charge is 0.315 e. The van der Waals surface area contributed by atoms with E-state index in [1.54, 1.807) is 11.9 Å². The Morgan fingerprint density at radius 3 is 1.83 bits per heavy atom. The third-order valence-corrected chi connectivity index (χ3v) is 20.1. The second-order valence-corrected chi connectivity index (χ2v) is 25.9. The number of rotatable bonds is 36. The number of nitrogens with one attached hydrogen (secondary N) is 4. The molecule has 0 aromatic carbocycles. The summed E-state index contributed by atoms with van der Waals surface area (Å²) >= 11 is 1.89. The molecule has 0 spiro atoms. The number of fused-ring (bicyclic) bond motifs is 1. The normalized spacial score (nSPS) is 22.7. The number of thioether (sulfide) groups is 1. The lowest BCUT2D eigenvalue weighted by atomic mass is 9.93. The van der Waals surface area contributed by atoms with Crippen molar-refractivity contribution in [1.82, 2.24) is 60.3 Å². The average molecular weight is 1250 g/mol. The summed E-state index contributed by atoms with van der Waals surface area (Å²) in [6, 6.07) is -2.96. The zero-order valence-electron chi connectivity index (χ0n) is 52.7. The number of unbranched alkanes of at least 4 members (excludes halogenated alkanes) is 10. The minimum Gasteiger partial charge on any atom is -0.481 e. The third kappa shape index (κ3) is 18.9. The maximum Gasteiger partial charge on any atom is 0.315 e. The Kier molecular flexibility index (Phi) is 27.2. The molecule has 0 saturated carbocycles. The summed E-state index contributed by atoms with van der Waals surface area (Å²) in [6.07, 6.45) is 14.8. The number of urea groups is 1. The first-order valence-electron chi connectivity index (χ1n) is 32.7. The number of nitrogens with zero attached hydrogens (tertiary/aromatic N) is 11. The number of aromatic nitrogens is 3. The van der Waals surface area contributed by atoms with E-state index in [1.807, 2.05) is 35.4 Å². The number of hydrogen-bond acceptors (Lipinski definition) is 18. The van der Waals surface area contributed by atoms with Gasteiger partial charge in [0.1, 0.15) is 37.3 Å². The maximum atomic E-state index is 14.5. The number of carboxylic acid groups (broad SMARTS) is 1. The summed E-state index contributed by atoms with van der Waals surface area (Å²) in [4.78, 5) is 147. The molecule has 6 saturated heterocycles. The van der Waals surface area contributed by atoms with Crippen LogP contribution < -0.4 is 42.5 Å². The number of anilines is 3. The Labute approximate surface area is 523 Å². The van der Waals surface area contributed by atoms with Crippen LogP contribution in [-0.2, 0) is 38.4 Å². The molecule has 28 heteroatoms. The molecule has 6 aliphatic rings. The van der Waals surface area contributed by atoms with Crippen molar-refractivity contribution in [2.24, 2.45) is 17.4 Å². The van der Waals surface area contributed by atoms with Gasteiger partial charge in [0.25, 0.3) is 0 Å². The number of piperazine rings is 4. The summed E-state index contributed by atoms with van der Waals surface area (Å²) in [6.45, 7) is 9.13. The van der Waals surface area contributed by atoms with Crippen LogP contribution in [0, 0.1) is 5.92 Å². The summed E-state index contributed by atoms with van der Waals surface area (Å²) < 4.78 is 0. The predicted molar refractivity (Wildman–Crippen MR) is 336 cm³/mol. The van der Waals surface area contributed by atoms with Crippen molar-refractivity contribution in [3.8, 4) is 0 Å². The van der Waals surface area contributed by atoms with Gasteiger partial charge in [-0.25, -0.2) is 4.79 Å². The lowest BCUT2D eigenvalue weighted by molar-refractivity contribution is -0.161. The molecule has 1 aromatic rings. The van der Waals surface area contributed by atoms with Gasteiger partial charge in [0.2, 0.25) is 59.2 Å². The van der Waals surface area contributed by atoms with Gasteiger partial charge in [0.15, 0.2) is 0 Å². The quantitative estimate of drug-likeness (QED) is 0.0372. The Balaban J connectivity index is 0.859. The highest BCUT2D eigenvalue weighted by atomic mass is 32.2. The summed E-state index contributed by atoms with van der Waals surface area (Å²) in [7, 11) is 3.17. The van der Waals surface area contributed by atoms with Crippen molar-refractivity contribution in [2.75, 3.05) is 127 Å². The first-order chi connectivity index (χ1) is 42.4. The van der Waals surface area contributed by atoms with Crippen LogP contribution in [0.1, 0.15) is 149 Å². The molecule has 6 fully saturated rings. The van der Waals surface area contributed by atoms with E-state index in [-0.39, 0.29) is 85.4 Å². The number of aliphatic carboxylic acids is 1. The fourth-order valence-electron chi connectivity index (χ4n) is 12.9. The highest BCUT2D eigenvalue weighted by Crippen LogP contribution is 2.33. The molecule has 0 bridgehead atoms. The number of carbonyl (C=O) groups excluding carboxylic acids is 8. The van der Waals surface area contributed by atoms with Gasteiger partial charge in [-0.2, -0.15) is 26.7 Å². The topological polar surface area (TPSA) is 339 Å². The molecular formula is C60H101N17O10S. The molecule has 88 heavy (non-hydrogen) atoms. The highest BCUT2D eigenvalue weighted by molar-refractivity contribution is 8.00. The van der Waals surface area contributed by atoms with Gasteiger partial charge in [-0.15, -0.1) is 0 Å². The predicted octanol–water partition coefficient (Wildman–Crippen LogP) is 1.79. The Bertz CT molecular complexity index is 2520. The number of carbonyl (C=O) groups is 9. The second-order valence-electron chi connectivity index (χ2n) is 24.7. The van der Waals surface area contributed by atoms with Gasteiger partial charge in [-0.05, 0) is 89.6 Å². The first kappa shape index (κ1) is 69.2. The van der Waals surface area contributed by atoms with Gasteiger partial charge in [-0.3, -0.25) is 38.4 Å². The van der Waals surface area contributed by atoms with Crippen LogP contribution >= 0.6 is 11.8 Å². The molecule has 492 valence electrons. The fraction of sp³-hybridized carbons (Fsp3) is 0.800. The Hall–Kier alpha value is -6.29. The average Bonchev–Trinajstić information content (AvgIpc) is 2.63. The molecule has 7 heterocycles. The van der Waals surface area contributed by atoms with E-state index in [9.17, 15) is 48.3 Å². The van der Waals surface area contributed by atoms with Crippen LogP contribution in [0.3, 0.4) is 0 Å². The van der Waals surface area contributed by atoms with Gasteiger partial charge >= 0.3 is 12.0 Å². The molecule has 9 N–H and O–H groups in total. The Morgan fingerprint density at radius 1 is 0.648 bits per heavy atom. The minimum atomic E-state index is -1.08. The van der Waals surface area contributed by atoms with Crippen LogP contribution in [-0.4, -0.2) is 256 Å². The van der Waals surface area contributed by atoms with Crippen LogP contribution in [0.5, 0.6) is 0 Å². The van der Waals surface area contributed by atoms with E-state index >= 15 is 0 Å². The molecule has 1 aromatic heterocycles. The van der Waals surface area contributed by atoms with E-state index in [0.717, 1.165) is 89.2 Å². The summed E-state index contributed by atoms with van der Waals surface area (Å²) in [5.41, 5.74) is 11.6. The van der Waals surface area contributed by atoms with Gasteiger partial charge in [0, 0.05) is 103 Å². The van der Waals surface area contributed by atoms with Crippen LogP contribution in [0.4, 0.5) is 22.6 Å². The monoisotopic (exact) mass is 1250 g/mol. The van der Waals surface area contributed by atoms with E-state index in [1.165, 1.54) is 26.6 Å². The van der Waals surface area contributed by atoms with Crippen LogP contribution in [0.2, 0.25) is 0 Å².